The Morgan fingerprint density at radius 3 is 2.65 bits per heavy atom. The molecule has 0 spiro atoms. The molecule has 2 heterocycles. The zero-order valence-corrected chi connectivity index (χ0v) is 13.1. The summed E-state index contributed by atoms with van der Waals surface area (Å²) in [5, 5.41) is 0. The van der Waals surface area contributed by atoms with E-state index in [1.54, 1.807) is 0 Å². The van der Waals surface area contributed by atoms with Crippen LogP contribution in [0.2, 0.25) is 0 Å². The summed E-state index contributed by atoms with van der Waals surface area (Å²) in [6, 6.07) is 2.15. The average molecular weight is 293 g/mol. The van der Waals surface area contributed by atoms with Crippen LogP contribution in [-0.4, -0.2) is 52.1 Å². The minimum Gasteiger partial charge on any atom is -0.392 e. The normalized spacial score (nSPS) is 18.0. The Morgan fingerprint density at radius 2 is 2.10 bits per heavy atom. The van der Waals surface area contributed by atoms with E-state index < -0.39 is 0 Å². The van der Waals surface area contributed by atoms with Crippen molar-refractivity contribution in [3.63, 3.8) is 0 Å². The first-order valence-corrected chi connectivity index (χ1v) is 7.60. The van der Waals surface area contributed by atoms with E-state index in [9.17, 15) is 0 Å². The zero-order chi connectivity index (χ0) is 14.5. The van der Waals surface area contributed by atoms with Gasteiger partial charge in [-0.15, -0.1) is 0 Å². The van der Waals surface area contributed by atoms with E-state index in [1.807, 2.05) is 19.2 Å². The number of nitrogens with two attached hydrogens (primary N) is 1. The minimum atomic E-state index is 0.232. The van der Waals surface area contributed by atoms with Crippen LogP contribution in [0.1, 0.15) is 25.5 Å². The van der Waals surface area contributed by atoms with Crippen molar-refractivity contribution in [2.45, 2.75) is 32.7 Å². The molecule has 1 aromatic heterocycles. The maximum atomic E-state index is 5.87. The molecule has 1 fully saturated rings. The Kier molecular flexibility index (Phi) is 5.25. The number of anilines is 1. The van der Waals surface area contributed by atoms with E-state index in [0.29, 0.717) is 4.99 Å². The first-order valence-electron chi connectivity index (χ1n) is 7.19. The van der Waals surface area contributed by atoms with Gasteiger partial charge in [0.1, 0.15) is 0 Å². The van der Waals surface area contributed by atoms with Crippen LogP contribution in [0.15, 0.2) is 12.3 Å². The fourth-order valence-electron chi connectivity index (χ4n) is 2.60. The fraction of sp³-hybridized carbons (Fsp3) is 0.643. The van der Waals surface area contributed by atoms with Crippen molar-refractivity contribution in [2.24, 2.45) is 5.73 Å². The molecular weight excluding hydrogens is 270 g/mol. The minimum absolute atomic E-state index is 0.232. The first-order chi connectivity index (χ1) is 9.61. The maximum Gasteiger partial charge on any atom is 0.225 e. The van der Waals surface area contributed by atoms with Crippen LogP contribution in [0, 0.1) is 6.92 Å². The lowest BCUT2D eigenvalue weighted by Crippen LogP contribution is -2.54. The summed E-state index contributed by atoms with van der Waals surface area (Å²) in [4.78, 5) is 14.1. The number of thiocarbonyl (C=S) groups is 1. The third-order valence-corrected chi connectivity index (χ3v) is 3.98. The summed E-state index contributed by atoms with van der Waals surface area (Å²) in [6.07, 6.45) is 3.96. The van der Waals surface area contributed by atoms with E-state index in [-0.39, 0.29) is 6.04 Å². The molecule has 0 aliphatic carbocycles. The van der Waals surface area contributed by atoms with Crippen LogP contribution < -0.4 is 10.6 Å². The van der Waals surface area contributed by atoms with E-state index in [4.69, 9.17) is 18.0 Å². The van der Waals surface area contributed by atoms with Crippen LogP contribution in [0.25, 0.3) is 0 Å². The molecule has 0 radical (unpaired) electrons. The monoisotopic (exact) mass is 293 g/mol. The Balaban J connectivity index is 1.96. The summed E-state index contributed by atoms with van der Waals surface area (Å²) < 4.78 is 0. The van der Waals surface area contributed by atoms with Gasteiger partial charge in [-0.1, -0.05) is 25.6 Å². The van der Waals surface area contributed by atoms with Crippen molar-refractivity contribution < 1.29 is 0 Å². The molecule has 0 saturated carbocycles. The lowest BCUT2D eigenvalue weighted by molar-refractivity contribution is 0.218. The summed E-state index contributed by atoms with van der Waals surface area (Å²) in [6.45, 7) is 7.92. The van der Waals surface area contributed by atoms with Gasteiger partial charge in [0.05, 0.1) is 11.0 Å². The molecule has 5 nitrogen and oxygen atoms in total. The van der Waals surface area contributed by atoms with Gasteiger partial charge in [-0.05, 0) is 19.4 Å². The molecule has 110 valence electrons. The second-order valence-electron chi connectivity index (χ2n) is 5.23. The lowest BCUT2D eigenvalue weighted by Gasteiger charge is -2.38. The van der Waals surface area contributed by atoms with Crippen molar-refractivity contribution in [2.75, 3.05) is 31.1 Å². The predicted octanol–water partition coefficient (Wildman–Crippen LogP) is 1.36. The quantitative estimate of drug-likeness (QED) is 0.827. The number of aromatic nitrogens is 2. The number of aryl methyl sites for hydroxylation is 1. The largest absolute Gasteiger partial charge is 0.392 e. The summed E-state index contributed by atoms with van der Waals surface area (Å²) >= 11 is 5.20. The smallest absolute Gasteiger partial charge is 0.225 e. The molecule has 0 amide bonds. The standard InChI is InChI=1S/C14H23N5S/c1-3-4-12(13(15)20)18-7-9-19(10-8-18)14-16-6-5-11(2)17-14/h5-6,12H,3-4,7-10H2,1-2H3,(H2,15,20). The van der Waals surface area contributed by atoms with Gasteiger partial charge in [0.25, 0.3) is 0 Å². The molecule has 1 unspecified atom stereocenters. The Labute approximate surface area is 126 Å². The molecule has 2 N–H and O–H groups in total. The Morgan fingerprint density at radius 1 is 1.40 bits per heavy atom. The van der Waals surface area contributed by atoms with E-state index in [2.05, 4.69) is 26.7 Å². The highest BCUT2D eigenvalue weighted by Gasteiger charge is 2.25. The van der Waals surface area contributed by atoms with Crippen molar-refractivity contribution in [3.8, 4) is 0 Å². The number of rotatable bonds is 5. The fourth-order valence-corrected chi connectivity index (χ4v) is 2.87. The van der Waals surface area contributed by atoms with Gasteiger partial charge in [0.2, 0.25) is 5.95 Å². The second kappa shape index (κ2) is 6.95. The third kappa shape index (κ3) is 3.64. The lowest BCUT2D eigenvalue weighted by atomic mass is 10.1. The Bertz CT molecular complexity index is 457. The highest BCUT2D eigenvalue weighted by Crippen LogP contribution is 2.15. The van der Waals surface area contributed by atoms with Gasteiger partial charge in [-0.3, -0.25) is 4.90 Å². The van der Waals surface area contributed by atoms with Gasteiger partial charge in [-0.2, -0.15) is 0 Å². The molecule has 2 rings (SSSR count). The molecular formula is C14H23N5S. The number of hydrogen-bond acceptors (Lipinski definition) is 5. The van der Waals surface area contributed by atoms with Gasteiger partial charge >= 0.3 is 0 Å². The molecule has 6 heteroatoms. The van der Waals surface area contributed by atoms with Crippen molar-refractivity contribution in [1.29, 1.82) is 0 Å². The third-order valence-electron chi connectivity index (χ3n) is 3.71. The molecule has 1 aliphatic heterocycles. The summed E-state index contributed by atoms with van der Waals surface area (Å²) in [5.74, 6) is 0.826. The molecule has 1 aromatic rings. The number of hydrogen-bond donors (Lipinski definition) is 1. The van der Waals surface area contributed by atoms with Crippen molar-refractivity contribution >= 4 is 23.2 Å². The molecule has 1 atom stereocenters. The van der Waals surface area contributed by atoms with Crippen LogP contribution in [0.3, 0.4) is 0 Å². The van der Waals surface area contributed by atoms with Crippen molar-refractivity contribution in [3.05, 3.63) is 18.0 Å². The SMILES string of the molecule is CCCC(C(N)=S)N1CCN(c2nccc(C)n2)CC1. The molecule has 1 saturated heterocycles. The van der Waals surface area contributed by atoms with Gasteiger partial charge < -0.3 is 10.6 Å². The van der Waals surface area contributed by atoms with Crippen LogP contribution in [-0.2, 0) is 0 Å². The average Bonchev–Trinajstić information content (AvgIpc) is 2.45. The van der Waals surface area contributed by atoms with E-state index in [0.717, 1.165) is 50.7 Å². The molecule has 0 aromatic carbocycles. The van der Waals surface area contributed by atoms with Crippen LogP contribution >= 0.6 is 12.2 Å². The second-order valence-corrected chi connectivity index (χ2v) is 5.70. The molecule has 1 aliphatic rings. The van der Waals surface area contributed by atoms with Crippen LogP contribution in [0.5, 0.6) is 0 Å². The van der Waals surface area contributed by atoms with Gasteiger partial charge in [-0.25, -0.2) is 9.97 Å². The topological polar surface area (TPSA) is 58.3 Å². The van der Waals surface area contributed by atoms with Gasteiger partial charge in [0, 0.05) is 38.1 Å². The van der Waals surface area contributed by atoms with Gasteiger partial charge in [0.15, 0.2) is 0 Å². The Hall–Kier alpha value is -1.27. The van der Waals surface area contributed by atoms with E-state index in [1.165, 1.54) is 0 Å². The molecule has 0 bridgehead atoms. The van der Waals surface area contributed by atoms with Crippen LogP contribution in [0.4, 0.5) is 5.95 Å². The van der Waals surface area contributed by atoms with Crippen molar-refractivity contribution in [1.82, 2.24) is 14.9 Å². The highest BCUT2D eigenvalue weighted by atomic mass is 32.1. The highest BCUT2D eigenvalue weighted by molar-refractivity contribution is 7.80. The first kappa shape index (κ1) is 15.1. The number of piperazine rings is 1. The summed E-state index contributed by atoms with van der Waals surface area (Å²) in [5.41, 5.74) is 6.87. The van der Waals surface area contributed by atoms with E-state index >= 15 is 0 Å². The zero-order valence-electron chi connectivity index (χ0n) is 12.2. The molecule has 20 heavy (non-hydrogen) atoms. The number of nitrogens with zero attached hydrogens (tertiary/aromatic N) is 4. The maximum absolute atomic E-state index is 5.87. The summed E-state index contributed by atoms with van der Waals surface area (Å²) in [7, 11) is 0. The predicted molar refractivity (Wildman–Crippen MR) is 86.0 cm³/mol.